The van der Waals surface area contributed by atoms with Crippen molar-refractivity contribution in [3.63, 3.8) is 0 Å². The van der Waals surface area contributed by atoms with Gasteiger partial charge in [0, 0.05) is 0 Å². The molecule has 0 unspecified atom stereocenters. The van der Waals surface area contributed by atoms with Gasteiger partial charge in [-0.25, -0.2) is 9.78 Å². The van der Waals surface area contributed by atoms with Gasteiger partial charge in [-0.1, -0.05) is 11.3 Å². The summed E-state index contributed by atoms with van der Waals surface area (Å²) in [6, 6.07) is 5.01. The summed E-state index contributed by atoms with van der Waals surface area (Å²) in [6.07, 6.45) is 0. The molecule has 2 rings (SSSR count). The van der Waals surface area contributed by atoms with Gasteiger partial charge in [-0.3, -0.25) is 4.79 Å². The van der Waals surface area contributed by atoms with E-state index in [9.17, 15) is 9.59 Å². The number of carbonyl (C=O) groups excluding carboxylic acids is 2. The molecule has 2 aromatic rings. The molecule has 0 aliphatic carbocycles. The van der Waals surface area contributed by atoms with Crippen molar-refractivity contribution in [1.29, 1.82) is 0 Å². The summed E-state index contributed by atoms with van der Waals surface area (Å²) < 4.78 is 5.44. The van der Waals surface area contributed by atoms with E-state index in [-0.39, 0.29) is 5.91 Å². The third-order valence-electron chi connectivity index (χ3n) is 2.40. The highest BCUT2D eigenvalue weighted by atomic mass is 35.5. The number of carbonyl (C=O) groups is 2. The van der Waals surface area contributed by atoms with E-state index in [4.69, 9.17) is 11.6 Å². The first kappa shape index (κ1) is 13.8. The van der Waals surface area contributed by atoms with Crippen molar-refractivity contribution in [3.05, 3.63) is 23.8 Å². The number of fused-ring (bicyclic) bond motifs is 1. The molecule has 0 fully saturated rings. The number of hydrogen-bond donors (Lipinski definition) is 1. The number of esters is 1. The molecule has 7 heteroatoms. The van der Waals surface area contributed by atoms with E-state index >= 15 is 0 Å². The second kappa shape index (κ2) is 5.54. The molecule has 1 N–H and O–H groups in total. The van der Waals surface area contributed by atoms with E-state index in [1.165, 1.54) is 18.4 Å². The van der Waals surface area contributed by atoms with Crippen LogP contribution in [0.5, 0.6) is 0 Å². The van der Waals surface area contributed by atoms with Crippen molar-refractivity contribution < 1.29 is 14.3 Å². The van der Waals surface area contributed by atoms with Crippen LogP contribution in [0.15, 0.2) is 18.2 Å². The lowest BCUT2D eigenvalue weighted by Gasteiger charge is -2.01. The van der Waals surface area contributed by atoms with E-state index in [1.807, 2.05) is 0 Å². The molecule has 0 radical (unpaired) electrons. The molecule has 5 nitrogen and oxygen atoms in total. The monoisotopic (exact) mass is 298 g/mol. The maximum Gasteiger partial charge on any atom is 0.337 e. The molecule has 1 aromatic heterocycles. The summed E-state index contributed by atoms with van der Waals surface area (Å²) in [6.45, 7) is 1.58. The molecule has 1 heterocycles. The lowest BCUT2D eigenvalue weighted by molar-refractivity contribution is -0.115. The average Bonchev–Trinajstić information content (AvgIpc) is 2.78. The van der Waals surface area contributed by atoms with Crippen molar-refractivity contribution in [3.8, 4) is 0 Å². The van der Waals surface area contributed by atoms with Gasteiger partial charge in [0.1, 0.15) is 5.38 Å². The number of ether oxygens (including phenoxy) is 1. The first-order valence-electron chi connectivity index (χ1n) is 5.45. The Bertz CT molecular complexity index is 639. The van der Waals surface area contributed by atoms with Gasteiger partial charge < -0.3 is 10.1 Å². The van der Waals surface area contributed by atoms with E-state index < -0.39 is 11.3 Å². The van der Waals surface area contributed by atoms with Crippen molar-refractivity contribution >= 4 is 50.2 Å². The Morgan fingerprint density at radius 3 is 2.84 bits per heavy atom. The molecule has 0 bridgehead atoms. The molecule has 1 aromatic carbocycles. The fourth-order valence-electron chi connectivity index (χ4n) is 1.43. The van der Waals surface area contributed by atoms with Crippen LogP contribution in [0.25, 0.3) is 10.2 Å². The highest BCUT2D eigenvalue weighted by molar-refractivity contribution is 7.22. The van der Waals surface area contributed by atoms with Crippen LogP contribution >= 0.6 is 22.9 Å². The number of thiazole rings is 1. The van der Waals surface area contributed by atoms with Crippen LogP contribution in [0.3, 0.4) is 0 Å². The van der Waals surface area contributed by atoms with Crippen molar-refractivity contribution in [2.24, 2.45) is 0 Å². The fraction of sp³-hybridized carbons (Fsp3) is 0.250. The van der Waals surface area contributed by atoms with Crippen molar-refractivity contribution in [2.75, 3.05) is 12.4 Å². The van der Waals surface area contributed by atoms with Gasteiger partial charge in [0.15, 0.2) is 5.13 Å². The quantitative estimate of drug-likeness (QED) is 0.699. The molecular weight excluding hydrogens is 288 g/mol. The molecule has 1 amide bonds. The SMILES string of the molecule is COC(=O)c1ccc2nc(NC(=O)[C@H](C)Cl)sc2c1. The lowest BCUT2D eigenvalue weighted by atomic mass is 10.2. The fourth-order valence-corrected chi connectivity index (χ4v) is 2.39. The highest BCUT2D eigenvalue weighted by Gasteiger charge is 2.13. The first-order chi connectivity index (χ1) is 9.01. The number of rotatable bonds is 3. The number of nitrogens with zero attached hydrogens (tertiary/aromatic N) is 1. The molecule has 0 aliphatic heterocycles. The number of amides is 1. The second-order valence-corrected chi connectivity index (χ2v) is 5.48. The maximum absolute atomic E-state index is 11.5. The van der Waals surface area contributed by atoms with Gasteiger partial charge in [0.25, 0.3) is 0 Å². The summed E-state index contributed by atoms with van der Waals surface area (Å²) in [5.74, 6) is -0.718. The Kier molecular flexibility index (Phi) is 4.01. The minimum absolute atomic E-state index is 0.311. The van der Waals surface area contributed by atoms with Gasteiger partial charge in [-0.05, 0) is 25.1 Å². The molecule has 0 aliphatic rings. The molecule has 0 spiro atoms. The van der Waals surface area contributed by atoms with Gasteiger partial charge in [-0.15, -0.1) is 11.6 Å². The molecular formula is C12H11ClN2O3S. The highest BCUT2D eigenvalue weighted by Crippen LogP contribution is 2.27. The number of hydrogen-bond acceptors (Lipinski definition) is 5. The number of aromatic nitrogens is 1. The van der Waals surface area contributed by atoms with Crippen molar-refractivity contribution in [1.82, 2.24) is 4.98 Å². The largest absolute Gasteiger partial charge is 0.465 e. The number of alkyl halides is 1. The summed E-state index contributed by atoms with van der Waals surface area (Å²) in [5, 5.41) is 2.44. The average molecular weight is 299 g/mol. The third kappa shape index (κ3) is 3.02. The summed E-state index contributed by atoms with van der Waals surface area (Å²) in [7, 11) is 1.33. The van der Waals surface area contributed by atoms with Crippen LogP contribution in [0.1, 0.15) is 17.3 Å². The zero-order valence-corrected chi connectivity index (χ0v) is 11.8. The predicted octanol–water partition coefficient (Wildman–Crippen LogP) is 2.65. The summed E-state index contributed by atoms with van der Waals surface area (Å²) in [5.41, 5.74) is 1.15. The predicted molar refractivity (Wildman–Crippen MR) is 74.9 cm³/mol. The molecule has 1 atom stereocenters. The minimum Gasteiger partial charge on any atom is -0.465 e. The zero-order chi connectivity index (χ0) is 14.0. The van der Waals surface area contributed by atoms with Crippen LogP contribution in [-0.4, -0.2) is 29.3 Å². The number of methoxy groups -OCH3 is 1. The molecule has 0 saturated carbocycles. The van der Waals surface area contributed by atoms with Crippen LogP contribution in [0.4, 0.5) is 5.13 Å². The van der Waals surface area contributed by atoms with E-state index in [0.717, 1.165) is 4.70 Å². The maximum atomic E-state index is 11.5. The van der Waals surface area contributed by atoms with E-state index in [1.54, 1.807) is 25.1 Å². The van der Waals surface area contributed by atoms with Gasteiger partial charge in [0.05, 0.1) is 22.9 Å². The van der Waals surface area contributed by atoms with Gasteiger partial charge >= 0.3 is 5.97 Å². The Morgan fingerprint density at radius 1 is 1.47 bits per heavy atom. The topological polar surface area (TPSA) is 68.3 Å². The summed E-state index contributed by atoms with van der Waals surface area (Å²) in [4.78, 5) is 27.1. The molecule has 100 valence electrons. The Hall–Kier alpha value is -1.66. The third-order valence-corrected chi connectivity index (χ3v) is 3.53. The molecule has 0 saturated heterocycles. The first-order valence-corrected chi connectivity index (χ1v) is 6.70. The van der Waals surface area contributed by atoms with E-state index in [0.29, 0.717) is 16.2 Å². The lowest BCUT2D eigenvalue weighted by Crippen LogP contribution is -2.19. The van der Waals surface area contributed by atoms with Crippen LogP contribution in [-0.2, 0) is 9.53 Å². The van der Waals surface area contributed by atoms with Gasteiger partial charge in [0.2, 0.25) is 5.91 Å². The zero-order valence-electron chi connectivity index (χ0n) is 10.3. The minimum atomic E-state index is -0.627. The standard InChI is InChI=1S/C12H11ClN2O3S/c1-6(13)10(16)15-12-14-8-4-3-7(11(17)18-2)5-9(8)19-12/h3-6H,1-2H3,(H,14,15,16)/t6-/m0/s1. The van der Waals surface area contributed by atoms with E-state index in [2.05, 4.69) is 15.0 Å². The van der Waals surface area contributed by atoms with Crippen molar-refractivity contribution in [2.45, 2.75) is 12.3 Å². The normalized spacial score (nSPS) is 12.2. The van der Waals surface area contributed by atoms with Gasteiger partial charge in [-0.2, -0.15) is 0 Å². The van der Waals surface area contributed by atoms with Crippen LogP contribution in [0.2, 0.25) is 0 Å². The number of nitrogens with one attached hydrogen (secondary N) is 1. The second-order valence-electron chi connectivity index (χ2n) is 3.80. The number of anilines is 1. The smallest absolute Gasteiger partial charge is 0.337 e. The number of benzene rings is 1. The Morgan fingerprint density at radius 2 is 2.21 bits per heavy atom. The number of halogens is 1. The Labute approximate surface area is 118 Å². The van der Waals surface area contributed by atoms with Crippen LogP contribution < -0.4 is 5.32 Å². The Balaban J connectivity index is 2.30. The molecule has 19 heavy (non-hydrogen) atoms. The summed E-state index contributed by atoms with van der Waals surface area (Å²) >= 11 is 6.94. The van der Waals surface area contributed by atoms with Crippen LogP contribution in [0, 0.1) is 0 Å².